The van der Waals surface area contributed by atoms with Crippen LogP contribution >= 0.6 is 0 Å². The van der Waals surface area contributed by atoms with Gasteiger partial charge in [-0.25, -0.2) is 0 Å². The van der Waals surface area contributed by atoms with Gasteiger partial charge in [0, 0.05) is 6.04 Å². The second-order valence-electron chi connectivity index (χ2n) is 6.88. The van der Waals surface area contributed by atoms with E-state index in [0.717, 1.165) is 17.6 Å². The van der Waals surface area contributed by atoms with E-state index < -0.39 is 0 Å². The molecular formula is C17H25NO. The maximum absolute atomic E-state index is 5.55. The van der Waals surface area contributed by atoms with E-state index in [1.165, 1.54) is 30.5 Å². The smallest absolute Gasteiger partial charge is 0.142 e. The van der Waals surface area contributed by atoms with Crippen LogP contribution in [-0.4, -0.2) is 13.2 Å². The molecule has 1 aromatic carbocycles. The molecule has 0 amide bonds. The van der Waals surface area contributed by atoms with Crippen molar-refractivity contribution in [3.63, 3.8) is 0 Å². The predicted octanol–water partition coefficient (Wildman–Crippen LogP) is 4.20. The van der Waals surface area contributed by atoms with Gasteiger partial charge in [0.2, 0.25) is 0 Å². The highest BCUT2D eigenvalue weighted by atomic mass is 16.5. The summed E-state index contributed by atoms with van der Waals surface area (Å²) in [5, 5.41) is 3.78. The maximum Gasteiger partial charge on any atom is 0.142 e. The minimum Gasteiger partial charge on any atom is -0.495 e. The van der Waals surface area contributed by atoms with E-state index in [0.29, 0.717) is 6.04 Å². The summed E-state index contributed by atoms with van der Waals surface area (Å²) in [6, 6.07) is 7.04. The van der Waals surface area contributed by atoms with Gasteiger partial charge in [-0.15, -0.1) is 0 Å². The average molecular weight is 259 g/mol. The normalized spacial score (nSPS) is 31.9. The number of nitrogens with one attached hydrogen (secondary N) is 1. The van der Waals surface area contributed by atoms with Gasteiger partial charge >= 0.3 is 0 Å². The number of fused-ring (bicyclic) bond motifs is 2. The first-order valence-corrected chi connectivity index (χ1v) is 7.48. The van der Waals surface area contributed by atoms with Crippen molar-refractivity contribution in [2.45, 2.75) is 51.5 Å². The first-order valence-electron chi connectivity index (χ1n) is 7.48. The van der Waals surface area contributed by atoms with Gasteiger partial charge in [0.15, 0.2) is 0 Å². The van der Waals surface area contributed by atoms with E-state index in [1.807, 2.05) is 0 Å². The van der Waals surface area contributed by atoms with Gasteiger partial charge in [-0.3, -0.25) is 0 Å². The Hall–Kier alpha value is -1.18. The molecule has 0 radical (unpaired) electrons. The van der Waals surface area contributed by atoms with Gasteiger partial charge in [0.25, 0.3) is 0 Å². The third-order valence-corrected chi connectivity index (χ3v) is 5.31. The number of hydrogen-bond acceptors (Lipinski definition) is 2. The van der Waals surface area contributed by atoms with Crippen LogP contribution in [0.5, 0.6) is 5.75 Å². The van der Waals surface area contributed by atoms with Crippen molar-refractivity contribution in [2.24, 2.45) is 11.8 Å². The van der Waals surface area contributed by atoms with Gasteiger partial charge < -0.3 is 10.1 Å². The van der Waals surface area contributed by atoms with Crippen molar-refractivity contribution in [2.75, 3.05) is 12.4 Å². The van der Waals surface area contributed by atoms with Gasteiger partial charge in [0.1, 0.15) is 5.75 Å². The van der Waals surface area contributed by atoms with Gasteiger partial charge in [0.05, 0.1) is 12.8 Å². The highest BCUT2D eigenvalue weighted by Crippen LogP contribution is 2.51. The molecule has 104 valence electrons. The molecule has 1 aromatic rings. The summed E-state index contributed by atoms with van der Waals surface area (Å²) in [6.07, 6.45) is 3.99. The molecule has 1 saturated carbocycles. The summed E-state index contributed by atoms with van der Waals surface area (Å²) in [5.74, 6) is 2.56. The average Bonchev–Trinajstić information content (AvgIpc) is 2.37. The second kappa shape index (κ2) is 4.43. The zero-order chi connectivity index (χ0) is 13.6. The molecule has 1 aliphatic heterocycles. The Morgan fingerprint density at radius 2 is 2.05 bits per heavy atom. The fourth-order valence-electron chi connectivity index (χ4n) is 4.18. The first kappa shape index (κ1) is 12.8. The summed E-state index contributed by atoms with van der Waals surface area (Å²) in [4.78, 5) is 0. The molecule has 1 fully saturated rings. The zero-order valence-electron chi connectivity index (χ0n) is 12.5. The highest BCUT2D eigenvalue weighted by Gasteiger charge is 2.45. The van der Waals surface area contributed by atoms with E-state index >= 15 is 0 Å². The minimum absolute atomic E-state index is 0.236. The van der Waals surface area contributed by atoms with Gasteiger partial charge in [-0.2, -0.15) is 0 Å². The van der Waals surface area contributed by atoms with Crippen molar-refractivity contribution < 1.29 is 4.74 Å². The van der Waals surface area contributed by atoms with Crippen molar-refractivity contribution in [3.05, 3.63) is 23.8 Å². The topological polar surface area (TPSA) is 21.3 Å². The van der Waals surface area contributed by atoms with E-state index in [2.05, 4.69) is 44.3 Å². The highest BCUT2D eigenvalue weighted by molar-refractivity contribution is 5.67. The number of benzene rings is 1. The van der Waals surface area contributed by atoms with E-state index in [-0.39, 0.29) is 5.41 Å². The monoisotopic (exact) mass is 259 g/mol. The minimum atomic E-state index is 0.236. The molecule has 0 saturated heterocycles. The number of hydrogen-bond donors (Lipinski definition) is 1. The molecule has 3 atom stereocenters. The second-order valence-corrected chi connectivity index (χ2v) is 6.88. The lowest BCUT2D eigenvalue weighted by Gasteiger charge is -2.50. The first-order chi connectivity index (χ1) is 9.04. The van der Waals surface area contributed by atoms with Gasteiger partial charge in [-0.05, 0) is 41.7 Å². The quantitative estimate of drug-likeness (QED) is 0.816. The predicted molar refractivity (Wildman–Crippen MR) is 79.9 cm³/mol. The van der Waals surface area contributed by atoms with Crippen LogP contribution in [0.4, 0.5) is 5.69 Å². The molecule has 0 unspecified atom stereocenters. The van der Waals surface area contributed by atoms with Crippen molar-refractivity contribution in [1.29, 1.82) is 0 Å². The molecule has 3 rings (SSSR count). The van der Waals surface area contributed by atoms with Crippen LogP contribution in [0.3, 0.4) is 0 Å². The van der Waals surface area contributed by atoms with E-state index in [1.54, 1.807) is 7.11 Å². The third kappa shape index (κ3) is 1.92. The maximum atomic E-state index is 5.55. The Kier molecular flexibility index (Phi) is 2.99. The molecule has 0 bridgehead atoms. The fraction of sp³-hybridized carbons (Fsp3) is 0.647. The van der Waals surface area contributed by atoms with Gasteiger partial charge in [-0.1, -0.05) is 39.3 Å². The molecule has 1 N–H and O–H groups in total. The largest absolute Gasteiger partial charge is 0.495 e. The zero-order valence-corrected chi connectivity index (χ0v) is 12.5. The van der Waals surface area contributed by atoms with Crippen LogP contribution in [0.2, 0.25) is 0 Å². The summed E-state index contributed by atoms with van der Waals surface area (Å²) in [6.45, 7) is 7.18. The molecule has 0 aromatic heterocycles. The van der Waals surface area contributed by atoms with E-state index in [9.17, 15) is 0 Å². The van der Waals surface area contributed by atoms with E-state index in [4.69, 9.17) is 4.74 Å². The Labute approximate surface area is 116 Å². The molecule has 2 heteroatoms. The van der Waals surface area contributed by atoms with Crippen LogP contribution in [0.25, 0.3) is 0 Å². The molecule has 2 nitrogen and oxygen atoms in total. The molecule has 1 heterocycles. The van der Waals surface area contributed by atoms with Crippen LogP contribution in [0.1, 0.15) is 45.6 Å². The Balaban J connectivity index is 2.07. The number of anilines is 1. The summed E-state index contributed by atoms with van der Waals surface area (Å²) in [7, 11) is 1.76. The lowest BCUT2D eigenvalue weighted by molar-refractivity contribution is 0.173. The Morgan fingerprint density at radius 1 is 1.26 bits per heavy atom. The van der Waals surface area contributed by atoms with Crippen molar-refractivity contribution >= 4 is 5.69 Å². The lowest BCUT2D eigenvalue weighted by atomic mass is 9.61. The van der Waals surface area contributed by atoms with Crippen LogP contribution in [-0.2, 0) is 5.41 Å². The Bertz CT molecular complexity index is 480. The summed E-state index contributed by atoms with van der Waals surface area (Å²) < 4.78 is 5.55. The number of rotatable bonds is 1. The fourth-order valence-corrected chi connectivity index (χ4v) is 4.18. The van der Waals surface area contributed by atoms with Crippen LogP contribution in [0.15, 0.2) is 18.2 Å². The number of ether oxygens (including phenoxy) is 1. The summed E-state index contributed by atoms with van der Waals surface area (Å²) in [5.41, 5.74) is 2.88. The van der Waals surface area contributed by atoms with Crippen molar-refractivity contribution in [3.8, 4) is 5.75 Å². The van der Waals surface area contributed by atoms with Crippen LogP contribution < -0.4 is 10.1 Å². The molecule has 19 heavy (non-hydrogen) atoms. The molecule has 1 aliphatic carbocycles. The molecule has 2 aliphatic rings. The molecular weight excluding hydrogens is 234 g/mol. The number of methoxy groups -OCH3 is 1. The van der Waals surface area contributed by atoms with Crippen LogP contribution in [0, 0.1) is 11.8 Å². The van der Waals surface area contributed by atoms with Crippen molar-refractivity contribution in [1.82, 2.24) is 0 Å². The third-order valence-electron chi connectivity index (χ3n) is 5.31. The standard InChI is InChI=1S/C17H25NO/c1-11-8-9-12-14(10-11)18-16-13(17(12,2)3)6-5-7-15(16)19-4/h5-7,11-12,14,18H,8-10H2,1-4H3/t11-,12+,14+/m0/s1. The SMILES string of the molecule is COc1cccc2c1N[C@@H]1C[C@@H](C)CC[C@H]1C2(C)C. The summed E-state index contributed by atoms with van der Waals surface area (Å²) >= 11 is 0. The molecule has 0 spiro atoms. The Morgan fingerprint density at radius 3 is 2.79 bits per heavy atom. The lowest BCUT2D eigenvalue weighted by Crippen LogP contribution is -2.49. The number of para-hydroxylation sites is 1.